The molecular weight excluding hydrogens is 274 g/mol. The minimum absolute atomic E-state index is 0.0219. The van der Waals surface area contributed by atoms with Gasteiger partial charge in [0.1, 0.15) is 4.21 Å². The molecule has 0 unspecified atom stereocenters. The van der Waals surface area contributed by atoms with Gasteiger partial charge in [-0.1, -0.05) is 0 Å². The number of nitrogens with two attached hydrogens (primary N) is 1. The van der Waals surface area contributed by atoms with E-state index in [4.69, 9.17) is 5.14 Å². The number of piperazine rings is 1. The number of hydrogen-bond acceptors (Lipinski definition) is 5. The van der Waals surface area contributed by atoms with Crippen LogP contribution >= 0.6 is 11.3 Å². The number of rotatable bonds is 2. The highest BCUT2D eigenvalue weighted by Gasteiger charge is 2.25. The molecule has 0 spiro atoms. The Balaban J connectivity index is 2.21. The maximum atomic E-state index is 12.2. The van der Waals surface area contributed by atoms with Gasteiger partial charge in [0.25, 0.3) is 5.91 Å². The minimum atomic E-state index is -3.72. The van der Waals surface area contributed by atoms with Crippen LogP contribution in [0.3, 0.4) is 0 Å². The van der Waals surface area contributed by atoms with Crippen LogP contribution in [-0.2, 0) is 10.0 Å². The first-order chi connectivity index (χ1) is 8.39. The third kappa shape index (κ3) is 2.72. The van der Waals surface area contributed by atoms with Crippen LogP contribution in [0.1, 0.15) is 17.3 Å². The summed E-state index contributed by atoms with van der Waals surface area (Å²) < 4.78 is 22.3. The molecule has 0 radical (unpaired) electrons. The van der Waals surface area contributed by atoms with Crippen LogP contribution in [0.4, 0.5) is 0 Å². The van der Waals surface area contributed by atoms with Crippen LogP contribution in [0.15, 0.2) is 15.7 Å². The van der Waals surface area contributed by atoms with Crippen molar-refractivity contribution in [1.82, 2.24) is 10.2 Å². The van der Waals surface area contributed by atoms with Crippen molar-refractivity contribution in [3.63, 3.8) is 0 Å². The van der Waals surface area contributed by atoms with E-state index in [1.807, 2.05) is 6.92 Å². The molecule has 1 aliphatic rings. The summed E-state index contributed by atoms with van der Waals surface area (Å²) in [4.78, 5) is 14.0. The zero-order chi connectivity index (χ0) is 13.3. The van der Waals surface area contributed by atoms with E-state index in [1.54, 1.807) is 4.90 Å². The Kier molecular flexibility index (Phi) is 3.71. The summed E-state index contributed by atoms with van der Waals surface area (Å²) in [6.07, 6.45) is 0. The van der Waals surface area contributed by atoms with Crippen molar-refractivity contribution in [3.8, 4) is 0 Å². The van der Waals surface area contributed by atoms with Gasteiger partial charge >= 0.3 is 0 Å². The Morgan fingerprint density at radius 2 is 2.33 bits per heavy atom. The van der Waals surface area contributed by atoms with Gasteiger partial charge in [-0.3, -0.25) is 4.79 Å². The zero-order valence-corrected chi connectivity index (χ0v) is 11.6. The van der Waals surface area contributed by atoms with Crippen LogP contribution in [0.2, 0.25) is 0 Å². The van der Waals surface area contributed by atoms with Gasteiger partial charge in [0, 0.05) is 31.1 Å². The van der Waals surface area contributed by atoms with E-state index in [0.717, 1.165) is 24.4 Å². The summed E-state index contributed by atoms with van der Waals surface area (Å²) >= 11 is 0.974. The van der Waals surface area contributed by atoms with Crippen molar-refractivity contribution in [2.45, 2.75) is 17.2 Å². The Hall–Kier alpha value is -0.960. The fourth-order valence-corrected chi connectivity index (χ4v) is 3.47. The Labute approximate surface area is 110 Å². The molecule has 1 aromatic rings. The predicted octanol–water partition coefficient (Wildman–Crippen LogP) is -0.171. The number of hydrogen-bond donors (Lipinski definition) is 2. The first-order valence-electron chi connectivity index (χ1n) is 5.52. The third-order valence-corrected chi connectivity index (χ3v) is 5.25. The molecular formula is C10H15N3O3S2. The van der Waals surface area contributed by atoms with Gasteiger partial charge < -0.3 is 10.2 Å². The van der Waals surface area contributed by atoms with Crippen LogP contribution in [0, 0.1) is 0 Å². The molecule has 0 bridgehead atoms. The van der Waals surface area contributed by atoms with Crippen molar-refractivity contribution < 1.29 is 13.2 Å². The van der Waals surface area contributed by atoms with Crippen LogP contribution < -0.4 is 10.5 Å². The molecule has 1 fully saturated rings. The first kappa shape index (κ1) is 13.5. The summed E-state index contributed by atoms with van der Waals surface area (Å²) in [6, 6.07) is 1.45. The van der Waals surface area contributed by atoms with Gasteiger partial charge in [-0.15, -0.1) is 11.3 Å². The van der Waals surface area contributed by atoms with E-state index in [2.05, 4.69) is 5.32 Å². The van der Waals surface area contributed by atoms with Gasteiger partial charge in [-0.25, -0.2) is 13.6 Å². The van der Waals surface area contributed by atoms with Gasteiger partial charge in [-0.05, 0) is 13.0 Å². The molecule has 100 valence electrons. The Morgan fingerprint density at radius 1 is 1.61 bits per heavy atom. The van der Waals surface area contributed by atoms with Crippen molar-refractivity contribution in [2.75, 3.05) is 19.6 Å². The molecule has 2 heterocycles. The SMILES string of the molecule is C[C@H]1CNCCN1C(=O)c1csc(S(N)(=O)=O)c1. The van der Waals surface area contributed by atoms with Gasteiger partial charge in [0.15, 0.2) is 0 Å². The number of nitrogens with zero attached hydrogens (tertiary/aromatic N) is 1. The number of thiophene rings is 1. The number of primary sulfonamides is 1. The van der Waals surface area contributed by atoms with Crippen molar-refractivity contribution >= 4 is 27.3 Å². The molecule has 1 saturated heterocycles. The Morgan fingerprint density at radius 3 is 2.89 bits per heavy atom. The smallest absolute Gasteiger partial charge is 0.255 e. The molecule has 0 aliphatic carbocycles. The highest BCUT2D eigenvalue weighted by molar-refractivity contribution is 7.91. The normalized spacial score (nSPS) is 21.0. The monoisotopic (exact) mass is 289 g/mol. The van der Waals surface area contributed by atoms with Crippen LogP contribution in [-0.4, -0.2) is 44.9 Å². The molecule has 18 heavy (non-hydrogen) atoms. The topological polar surface area (TPSA) is 92.5 Å². The maximum Gasteiger partial charge on any atom is 0.255 e. The lowest BCUT2D eigenvalue weighted by molar-refractivity contribution is 0.0656. The molecule has 1 aliphatic heterocycles. The quantitative estimate of drug-likeness (QED) is 0.790. The van der Waals surface area contributed by atoms with E-state index >= 15 is 0 Å². The van der Waals surface area contributed by atoms with E-state index in [9.17, 15) is 13.2 Å². The second-order valence-corrected chi connectivity index (χ2v) is 6.95. The van der Waals surface area contributed by atoms with Gasteiger partial charge in [0.05, 0.1) is 5.56 Å². The summed E-state index contributed by atoms with van der Waals surface area (Å²) in [7, 11) is -3.72. The zero-order valence-electron chi connectivity index (χ0n) is 9.92. The van der Waals surface area contributed by atoms with Gasteiger partial charge in [0.2, 0.25) is 10.0 Å². The summed E-state index contributed by atoms with van der Waals surface area (Å²) in [5, 5.41) is 9.76. The van der Waals surface area contributed by atoms with Crippen molar-refractivity contribution in [1.29, 1.82) is 0 Å². The Bertz CT molecular complexity index is 552. The molecule has 0 saturated carbocycles. The second kappa shape index (κ2) is 4.96. The number of carbonyl (C=O) groups excluding carboxylic acids is 1. The highest BCUT2D eigenvalue weighted by atomic mass is 32.2. The van der Waals surface area contributed by atoms with Crippen LogP contribution in [0.25, 0.3) is 0 Å². The summed E-state index contributed by atoms with van der Waals surface area (Å²) in [5.41, 5.74) is 0.387. The summed E-state index contributed by atoms with van der Waals surface area (Å²) in [5.74, 6) is -0.143. The minimum Gasteiger partial charge on any atom is -0.333 e. The maximum absolute atomic E-state index is 12.2. The second-order valence-electron chi connectivity index (χ2n) is 4.25. The standard InChI is InChI=1S/C10H15N3O3S2/c1-7-5-12-2-3-13(7)10(14)8-4-9(17-6-8)18(11,15)16/h4,6-7,12H,2-3,5H2,1H3,(H2,11,15,16)/t7-/m0/s1. The molecule has 6 nitrogen and oxygen atoms in total. The molecule has 3 N–H and O–H groups in total. The first-order valence-corrected chi connectivity index (χ1v) is 7.95. The fourth-order valence-electron chi connectivity index (χ4n) is 1.89. The molecule has 1 amide bonds. The van der Waals surface area contributed by atoms with E-state index < -0.39 is 10.0 Å². The number of carbonyl (C=O) groups is 1. The van der Waals surface area contributed by atoms with E-state index in [0.29, 0.717) is 12.1 Å². The average molecular weight is 289 g/mol. The van der Waals surface area contributed by atoms with Crippen LogP contribution in [0.5, 0.6) is 0 Å². The molecule has 8 heteroatoms. The number of amides is 1. The van der Waals surface area contributed by atoms with Crippen molar-refractivity contribution in [2.24, 2.45) is 5.14 Å². The lowest BCUT2D eigenvalue weighted by Gasteiger charge is -2.33. The van der Waals surface area contributed by atoms with E-state index in [-0.39, 0.29) is 16.2 Å². The summed E-state index contributed by atoms with van der Waals surface area (Å²) in [6.45, 7) is 4.08. The molecule has 1 aromatic heterocycles. The number of sulfonamides is 1. The molecule has 0 aromatic carbocycles. The predicted molar refractivity (Wildman–Crippen MR) is 69.1 cm³/mol. The third-order valence-electron chi connectivity index (χ3n) is 2.86. The van der Waals surface area contributed by atoms with E-state index in [1.165, 1.54) is 11.4 Å². The lowest BCUT2D eigenvalue weighted by atomic mass is 10.2. The van der Waals surface area contributed by atoms with Crippen molar-refractivity contribution in [3.05, 3.63) is 17.0 Å². The lowest BCUT2D eigenvalue weighted by Crippen LogP contribution is -2.52. The largest absolute Gasteiger partial charge is 0.333 e. The fraction of sp³-hybridized carbons (Fsp3) is 0.500. The molecule has 1 atom stereocenters. The number of nitrogens with one attached hydrogen (secondary N) is 1. The van der Waals surface area contributed by atoms with Gasteiger partial charge in [-0.2, -0.15) is 0 Å². The average Bonchev–Trinajstić information content (AvgIpc) is 2.77. The highest BCUT2D eigenvalue weighted by Crippen LogP contribution is 2.21. The molecule has 2 rings (SSSR count).